The van der Waals surface area contributed by atoms with E-state index >= 15 is 0 Å². The predicted octanol–water partition coefficient (Wildman–Crippen LogP) is 4.40. The van der Waals surface area contributed by atoms with E-state index in [4.69, 9.17) is 32.7 Å². The van der Waals surface area contributed by atoms with Crippen LogP contribution in [0, 0.1) is 0 Å². The van der Waals surface area contributed by atoms with Crippen molar-refractivity contribution < 1.29 is 19.1 Å². The molecule has 1 aliphatic carbocycles. The average molecular weight is 408 g/mol. The van der Waals surface area contributed by atoms with E-state index in [-0.39, 0.29) is 24.1 Å². The average Bonchev–Trinajstić information content (AvgIpc) is 3.45. The Balaban J connectivity index is 1.65. The molecule has 0 unspecified atom stereocenters. The lowest BCUT2D eigenvalue weighted by Crippen LogP contribution is -2.37. The van der Waals surface area contributed by atoms with Crippen molar-refractivity contribution in [3.8, 4) is 5.75 Å². The predicted molar refractivity (Wildman–Crippen MR) is 103 cm³/mol. The second-order valence-electron chi connectivity index (χ2n) is 6.35. The quantitative estimate of drug-likeness (QED) is 0.690. The third-order valence-electron chi connectivity index (χ3n) is 4.08. The summed E-state index contributed by atoms with van der Waals surface area (Å²) in [5, 5.41) is 3.82. The molecule has 0 heterocycles. The summed E-state index contributed by atoms with van der Waals surface area (Å²) in [6.07, 6.45) is 1.06. The van der Waals surface area contributed by atoms with Gasteiger partial charge in [0.15, 0.2) is 6.10 Å². The van der Waals surface area contributed by atoms with Gasteiger partial charge in [-0.25, -0.2) is 4.79 Å². The summed E-state index contributed by atoms with van der Waals surface area (Å²) in [7, 11) is 0. The molecule has 1 fully saturated rings. The number of para-hydroxylation sites is 1. The van der Waals surface area contributed by atoms with Gasteiger partial charge in [0, 0.05) is 21.7 Å². The van der Waals surface area contributed by atoms with E-state index in [9.17, 15) is 9.59 Å². The van der Waals surface area contributed by atoms with Crippen molar-refractivity contribution in [1.29, 1.82) is 0 Å². The molecule has 2 aromatic rings. The molecule has 7 heteroatoms. The number of carbonyl (C=O) groups excluding carboxylic acids is 2. The molecule has 5 nitrogen and oxygen atoms in total. The van der Waals surface area contributed by atoms with E-state index in [0.29, 0.717) is 15.8 Å². The highest BCUT2D eigenvalue weighted by molar-refractivity contribution is 6.35. The summed E-state index contributed by atoms with van der Waals surface area (Å²) in [6.45, 7) is 1.71. The van der Waals surface area contributed by atoms with Crippen molar-refractivity contribution in [2.45, 2.75) is 38.5 Å². The van der Waals surface area contributed by atoms with Crippen LogP contribution < -0.4 is 10.1 Å². The van der Waals surface area contributed by atoms with E-state index in [1.165, 1.54) is 0 Å². The van der Waals surface area contributed by atoms with Gasteiger partial charge in [-0.1, -0.05) is 41.4 Å². The second kappa shape index (κ2) is 8.63. The first-order chi connectivity index (χ1) is 12.9. The Morgan fingerprint density at radius 1 is 1.19 bits per heavy atom. The molecule has 0 spiro atoms. The Labute approximate surface area is 167 Å². The van der Waals surface area contributed by atoms with Gasteiger partial charge in [-0.05, 0) is 44.0 Å². The Morgan fingerprint density at radius 2 is 1.93 bits per heavy atom. The smallest absolute Gasteiger partial charge is 0.342 e. The van der Waals surface area contributed by atoms with Gasteiger partial charge in [-0.3, -0.25) is 4.79 Å². The number of amides is 1. The first-order valence-electron chi connectivity index (χ1n) is 8.61. The van der Waals surface area contributed by atoms with Crippen LogP contribution in [0.15, 0.2) is 42.5 Å². The number of rotatable bonds is 7. The van der Waals surface area contributed by atoms with Crippen LogP contribution in [0.1, 0.15) is 35.7 Å². The molecular formula is C20H19Cl2NO4. The molecule has 27 heavy (non-hydrogen) atoms. The van der Waals surface area contributed by atoms with Crippen molar-refractivity contribution in [1.82, 2.24) is 5.32 Å². The SMILES string of the molecule is C[C@H](OC(=O)c1ccccc1OCc1ccc(Cl)cc1Cl)C(=O)NC1CC1. The van der Waals surface area contributed by atoms with Crippen molar-refractivity contribution in [2.24, 2.45) is 0 Å². The van der Waals surface area contributed by atoms with Crippen LogP contribution in [0.3, 0.4) is 0 Å². The highest BCUT2D eigenvalue weighted by Crippen LogP contribution is 2.25. The van der Waals surface area contributed by atoms with Gasteiger partial charge in [-0.2, -0.15) is 0 Å². The zero-order valence-corrected chi connectivity index (χ0v) is 16.2. The normalized spacial score (nSPS) is 14.3. The number of esters is 1. The summed E-state index contributed by atoms with van der Waals surface area (Å²) >= 11 is 12.0. The summed E-state index contributed by atoms with van der Waals surface area (Å²) in [4.78, 5) is 24.5. The molecule has 1 amide bonds. The zero-order chi connectivity index (χ0) is 19.4. The lowest BCUT2D eigenvalue weighted by atomic mass is 10.2. The molecule has 1 N–H and O–H groups in total. The monoisotopic (exact) mass is 407 g/mol. The first kappa shape index (κ1) is 19.5. The number of hydrogen-bond donors (Lipinski definition) is 1. The van der Waals surface area contributed by atoms with Crippen LogP contribution in [0.5, 0.6) is 5.75 Å². The fourth-order valence-corrected chi connectivity index (χ4v) is 2.84. The van der Waals surface area contributed by atoms with Gasteiger partial charge in [0.1, 0.15) is 17.9 Å². The third kappa shape index (κ3) is 5.37. The number of hydrogen-bond acceptors (Lipinski definition) is 4. The minimum Gasteiger partial charge on any atom is -0.488 e. The highest BCUT2D eigenvalue weighted by atomic mass is 35.5. The number of ether oxygens (including phenoxy) is 2. The molecule has 0 aliphatic heterocycles. The van der Waals surface area contributed by atoms with Crippen LogP contribution in [-0.4, -0.2) is 24.0 Å². The van der Waals surface area contributed by atoms with Gasteiger partial charge in [0.25, 0.3) is 5.91 Å². The standard InChI is InChI=1S/C20H19Cl2NO4/c1-12(19(24)23-15-8-9-15)27-20(25)16-4-2-3-5-18(16)26-11-13-6-7-14(21)10-17(13)22/h2-7,10,12,15H,8-9,11H2,1H3,(H,23,24)/t12-/m0/s1. The van der Waals surface area contributed by atoms with Gasteiger partial charge in [0.05, 0.1) is 0 Å². The topological polar surface area (TPSA) is 64.6 Å². The van der Waals surface area contributed by atoms with E-state index in [0.717, 1.165) is 18.4 Å². The van der Waals surface area contributed by atoms with Gasteiger partial charge < -0.3 is 14.8 Å². The Hall–Kier alpha value is -2.24. The summed E-state index contributed by atoms with van der Waals surface area (Å²) in [6, 6.07) is 12.0. The van der Waals surface area contributed by atoms with E-state index in [2.05, 4.69) is 5.32 Å². The van der Waals surface area contributed by atoms with E-state index < -0.39 is 12.1 Å². The van der Waals surface area contributed by atoms with Gasteiger partial charge >= 0.3 is 5.97 Å². The fraction of sp³-hybridized carbons (Fsp3) is 0.300. The van der Waals surface area contributed by atoms with Gasteiger partial charge in [-0.15, -0.1) is 0 Å². The summed E-state index contributed by atoms with van der Waals surface area (Å²) in [5.74, 6) is -0.563. The van der Waals surface area contributed by atoms with Crippen LogP contribution in [0.2, 0.25) is 10.0 Å². The molecule has 2 aromatic carbocycles. The molecule has 1 saturated carbocycles. The largest absolute Gasteiger partial charge is 0.488 e. The highest BCUT2D eigenvalue weighted by Gasteiger charge is 2.28. The number of carbonyl (C=O) groups is 2. The molecule has 0 radical (unpaired) electrons. The lowest BCUT2D eigenvalue weighted by molar-refractivity contribution is -0.129. The lowest BCUT2D eigenvalue weighted by Gasteiger charge is -2.15. The molecule has 0 aromatic heterocycles. The van der Waals surface area contributed by atoms with Crippen molar-refractivity contribution in [3.05, 3.63) is 63.6 Å². The molecule has 0 saturated heterocycles. The maximum absolute atomic E-state index is 12.5. The first-order valence-corrected chi connectivity index (χ1v) is 9.36. The molecule has 142 valence electrons. The fourth-order valence-electron chi connectivity index (χ4n) is 2.38. The maximum Gasteiger partial charge on any atom is 0.342 e. The second-order valence-corrected chi connectivity index (χ2v) is 7.19. The number of nitrogens with one attached hydrogen (secondary N) is 1. The molecule has 1 aliphatic rings. The van der Waals surface area contributed by atoms with Crippen LogP contribution in [0.25, 0.3) is 0 Å². The molecule has 1 atom stereocenters. The van der Waals surface area contributed by atoms with Crippen molar-refractivity contribution >= 4 is 35.1 Å². The Kier molecular flexibility index (Phi) is 6.24. The summed E-state index contributed by atoms with van der Waals surface area (Å²) < 4.78 is 11.0. The van der Waals surface area contributed by atoms with E-state index in [1.807, 2.05) is 0 Å². The zero-order valence-electron chi connectivity index (χ0n) is 14.7. The van der Waals surface area contributed by atoms with Gasteiger partial charge in [0.2, 0.25) is 0 Å². The van der Waals surface area contributed by atoms with Crippen molar-refractivity contribution in [3.63, 3.8) is 0 Å². The minimum absolute atomic E-state index is 0.165. The number of halogens is 2. The summed E-state index contributed by atoms with van der Waals surface area (Å²) in [5.41, 5.74) is 0.982. The molecule has 0 bridgehead atoms. The van der Waals surface area contributed by atoms with Crippen molar-refractivity contribution in [2.75, 3.05) is 0 Å². The number of benzene rings is 2. The van der Waals surface area contributed by atoms with Crippen LogP contribution in [-0.2, 0) is 16.1 Å². The molecular weight excluding hydrogens is 389 g/mol. The van der Waals surface area contributed by atoms with Crippen LogP contribution >= 0.6 is 23.2 Å². The van der Waals surface area contributed by atoms with E-state index in [1.54, 1.807) is 49.4 Å². The Morgan fingerprint density at radius 3 is 2.63 bits per heavy atom. The van der Waals surface area contributed by atoms with Crippen LogP contribution in [0.4, 0.5) is 0 Å². The maximum atomic E-state index is 12.5. The Bertz CT molecular complexity index is 852. The third-order valence-corrected chi connectivity index (χ3v) is 4.67. The molecule has 3 rings (SSSR count). The minimum atomic E-state index is -0.878.